The van der Waals surface area contributed by atoms with E-state index in [9.17, 15) is 4.79 Å². The number of para-hydroxylation sites is 1. The number of thioether (sulfide) groups is 1. The van der Waals surface area contributed by atoms with Crippen molar-refractivity contribution in [2.24, 2.45) is 0 Å². The molecular weight excluding hydrogens is 230 g/mol. The van der Waals surface area contributed by atoms with Crippen molar-refractivity contribution in [2.45, 2.75) is 0 Å². The van der Waals surface area contributed by atoms with Crippen LogP contribution >= 0.6 is 23.4 Å². The van der Waals surface area contributed by atoms with E-state index in [0.29, 0.717) is 16.4 Å². The summed E-state index contributed by atoms with van der Waals surface area (Å²) >= 11 is 7.71. The molecule has 0 aliphatic carbocycles. The van der Waals surface area contributed by atoms with Gasteiger partial charge in [0.2, 0.25) is 0 Å². The zero-order chi connectivity index (χ0) is 10.8. The zero-order valence-electron chi connectivity index (χ0n) is 8.21. The molecule has 0 fully saturated rings. The smallest absolute Gasteiger partial charge is 0.257 e. The second-order valence-electron chi connectivity index (χ2n) is 3.21. The molecule has 0 atom stereocenters. The Labute approximate surface area is 97.7 Å². The van der Waals surface area contributed by atoms with Crippen LogP contribution in [0, 0.1) is 0 Å². The lowest BCUT2D eigenvalue weighted by atomic mass is 10.1. The second kappa shape index (κ2) is 4.29. The van der Waals surface area contributed by atoms with Gasteiger partial charge in [-0.2, -0.15) is 11.8 Å². The molecule has 0 saturated heterocycles. The summed E-state index contributed by atoms with van der Waals surface area (Å²) in [5.74, 6) is 0.564. The third-order valence-corrected chi connectivity index (χ3v) is 3.27. The van der Waals surface area contributed by atoms with Crippen LogP contribution in [0.5, 0.6) is 0 Å². The van der Waals surface area contributed by atoms with E-state index in [1.54, 1.807) is 11.8 Å². The van der Waals surface area contributed by atoms with Gasteiger partial charge in [-0.25, -0.2) is 0 Å². The van der Waals surface area contributed by atoms with Crippen LogP contribution in [0.25, 0.3) is 5.57 Å². The molecule has 0 unspecified atom stereocenters. The number of carbonyl (C=O) groups is 1. The van der Waals surface area contributed by atoms with Crippen molar-refractivity contribution in [2.75, 3.05) is 17.3 Å². The Morgan fingerprint density at radius 2 is 2.20 bits per heavy atom. The number of halogens is 1. The number of carbonyl (C=O) groups excluding carboxylic acids is 1. The third kappa shape index (κ3) is 1.90. The van der Waals surface area contributed by atoms with E-state index in [1.807, 2.05) is 30.5 Å². The highest BCUT2D eigenvalue weighted by atomic mass is 35.5. The highest BCUT2D eigenvalue weighted by Gasteiger charge is 2.25. The van der Waals surface area contributed by atoms with E-state index in [-0.39, 0.29) is 5.91 Å². The molecule has 0 spiro atoms. The van der Waals surface area contributed by atoms with Gasteiger partial charge in [0, 0.05) is 22.0 Å². The predicted molar refractivity (Wildman–Crippen MR) is 66.2 cm³/mol. The first kappa shape index (κ1) is 10.6. The van der Waals surface area contributed by atoms with Crippen molar-refractivity contribution in [1.29, 1.82) is 0 Å². The fourth-order valence-electron chi connectivity index (χ4n) is 1.59. The number of nitrogens with one attached hydrogen (secondary N) is 1. The lowest BCUT2D eigenvalue weighted by Crippen LogP contribution is -2.05. The van der Waals surface area contributed by atoms with Gasteiger partial charge in [-0.05, 0) is 12.3 Å². The van der Waals surface area contributed by atoms with Crippen LogP contribution in [0.4, 0.5) is 5.69 Å². The van der Waals surface area contributed by atoms with E-state index in [2.05, 4.69) is 5.32 Å². The summed E-state index contributed by atoms with van der Waals surface area (Å²) in [6, 6.07) is 7.58. The molecule has 1 amide bonds. The standard InChI is InChI=1S/C11H10ClNOS/c1-15-6-8(12)10-7-4-2-3-5-9(7)13-11(10)14/h2-5H,6H2,1H3,(H,13,14)/b10-8+. The average molecular weight is 240 g/mol. The van der Waals surface area contributed by atoms with Crippen molar-refractivity contribution in [3.63, 3.8) is 0 Å². The van der Waals surface area contributed by atoms with Gasteiger partial charge in [-0.1, -0.05) is 29.8 Å². The summed E-state index contributed by atoms with van der Waals surface area (Å²) in [5, 5.41) is 3.41. The van der Waals surface area contributed by atoms with Gasteiger partial charge in [-0.15, -0.1) is 0 Å². The first-order chi connectivity index (χ1) is 7.24. The molecule has 2 rings (SSSR count). The summed E-state index contributed by atoms with van der Waals surface area (Å²) in [5.41, 5.74) is 2.36. The van der Waals surface area contributed by atoms with Crippen molar-refractivity contribution < 1.29 is 4.79 Å². The molecular formula is C11H10ClNOS. The zero-order valence-corrected chi connectivity index (χ0v) is 9.78. The molecule has 1 heterocycles. The Kier molecular flexibility index (Phi) is 3.03. The molecule has 1 aliphatic heterocycles. The van der Waals surface area contributed by atoms with Gasteiger partial charge < -0.3 is 5.32 Å². The van der Waals surface area contributed by atoms with E-state index in [4.69, 9.17) is 11.6 Å². The number of amides is 1. The Bertz CT molecular complexity index is 442. The van der Waals surface area contributed by atoms with Gasteiger partial charge in [0.1, 0.15) is 0 Å². The molecule has 1 aliphatic rings. The van der Waals surface area contributed by atoms with Crippen LogP contribution < -0.4 is 5.32 Å². The molecule has 1 aromatic rings. The maximum Gasteiger partial charge on any atom is 0.257 e. The number of hydrogen-bond acceptors (Lipinski definition) is 2. The number of fused-ring (bicyclic) bond motifs is 1. The summed E-state index contributed by atoms with van der Waals surface area (Å²) in [6.07, 6.45) is 1.96. The predicted octanol–water partition coefficient (Wildman–Crippen LogP) is 2.95. The molecule has 0 saturated carbocycles. The molecule has 0 radical (unpaired) electrons. The molecule has 0 bridgehead atoms. The molecule has 78 valence electrons. The Hall–Kier alpha value is -0.930. The Balaban J connectivity index is 2.50. The van der Waals surface area contributed by atoms with Crippen LogP contribution in [0.3, 0.4) is 0 Å². The first-order valence-corrected chi connectivity index (χ1v) is 6.29. The normalized spacial score (nSPS) is 17.3. The van der Waals surface area contributed by atoms with Crippen molar-refractivity contribution in [3.8, 4) is 0 Å². The maximum absolute atomic E-state index is 11.7. The first-order valence-electron chi connectivity index (χ1n) is 4.52. The number of anilines is 1. The molecule has 2 nitrogen and oxygen atoms in total. The van der Waals surface area contributed by atoms with Gasteiger partial charge in [0.15, 0.2) is 0 Å². The largest absolute Gasteiger partial charge is 0.321 e. The summed E-state index contributed by atoms with van der Waals surface area (Å²) in [7, 11) is 0. The maximum atomic E-state index is 11.7. The number of rotatable bonds is 2. The van der Waals surface area contributed by atoms with Crippen LogP contribution in [0.2, 0.25) is 0 Å². The Morgan fingerprint density at radius 3 is 2.93 bits per heavy atom. The van der Waals surface area contributed by atoms with Crippen LogP contribution in [0.15, 0.2) is 29.3 Å². The van der Waals surface area contributed by atoms with E-state index in [1.165, 1.54) is 0 Å². The van der Waals surface area contributed by atoms with Gasteiger partial charge in [-0.3, -0.25) is 4.79 Å². The SMILES string of the molecule is CSC/C(Cl)=C1\C(=O)Nc2ccccc21. The lowest BCUT2D eigenvalue weighted by molar-refractivity contribution is -0.110. The monoisotopic (exact) mass is 239 g/mol. The number of benzene rings is 1. The third-order valence-electron chi connectivity index (χ3n) is 2.21. The topological polar surface area (TPSA) is 29.1 Å². The van der Waals surface area contributed by atoms with Crippen molar-refractivity contribution in [1.82, 2.24) is 0 Å². The summed E-state index contributed by atoms with van der Waals surface area (Å²) in [6.45, 7) is 0. The van der Waals surface area contributed by atoms with Gasteiger partial charge in [0.25, 0.3) is 5.91 Å². The van der Waals surface area contributed by atoms with E-state index in [0.717, 1.165) is 11.3 Å². The fraction of sp³-hybridized carbons (Fsp3) is 0.182. The lowest BCUT2D eigenvalue weighted by Gasteiger charge is -2.00. The minimum absolute atomic E-state index is 0.102. The minimum Gasteiger partial charge on any atom is -0.321 e. The van der Waals surface area contributed by atoms with E-state index >= 15 is 0 Å². The minimum atomic E-state index is -0.102. The summed E-state index contributed by atoms with van der Waals surface area (Å²) in [4.78, 5) is 11.7. The molecule has 15 heavy (non-hydrogen) atoms. The quantitative estimate of drug-likeness (QED) is 0.804. The van der Waals surface area contributed by atoms with Crippen LogP contribution in [-0.4, -0.2) is 17.9 Å². The molecule has 1 N–H and O–H groups in total. The summed E-state index contributed by atoms with van der Waals surface area (Å²) < 4.78 is 0. The molecule has 1 aromatic carbocycles. The van der Waals surface area contributed by atoms with Gasteiger partial charge in [0.05, 0.1) is 5.57 Å². The van der Waals surface area contributed by atoms with E-state index < -0.39 is 0 Å². The van der Waals surface area contributed by atoms with Crippen LogP contribution in [-0.2, 0) is 4.79 Å². The second-order valence-corrected chi connectivity index (χ2v) is 4.53. The van der Waals surface area contributed by atoms with Crippen LogP contribution in [0.1, 0.15) is 5.56 Å². The van der Waals surface area contributed by atoms with Crippen molar-refractivity contribution >= 4 is 40.5 Å². The van der Waals surface area contributed by atoms with Crippen molar-refractivity contribution in [3.05, 3.63) is 34.9 Å². The Morgan fingerprint density at radius 1 is 1.47 bits per heavy atom. The number of hydrogen-bond donors (Lipinski definition) is 1. The molecule has 4 heteroatoms. The fourth-order valence-corrected chi connectivity index (χ4v) is 2.50. The highest BCUT2D eigenvalue weighted by Crippen LogP contribution is 2.35. The average Bonchev–Trinajstić information content (AvgIpc) is 2.54. The van der Waals surface area contributed by atoms with Gasteiger partial charge >= 0.3 is 0 Å². The highest BCUT2D eigenvalue weighted by molar-refractivity contribution is 7.98. The molecule has 0 aromatic heterocycles.